The molecule has 4 nitrogen and oxygen atoms in total. The molecule has 0 spiro atoms. The molecule has 164 valence electrons. The smallest absolute Gasteiger partial charge is 0.337 e. The van der Waals surface area contributed by atoms with E-state index in [2.05, 4.69) is 23.1 Å². The summed E-state index contributed by atoms with van der Waals surface area (Å²) in [6.45, 7) is 2.35. The fourth-order valence-corrected chi connectivity index (χ4v) is 4.54. The van der Waals surface area contributed by atoms with Gasteiger partial charge in [0.05, 0.1) is 19.3 Å². The fourth-order valence-electron chi connectivity index (χ4n) is 4.54. The van der Waals surface area contributed by atoms with Crippen LogP contribution in [0.25, 0.3) is 5.57 Å². The molecule has 1 aliphatic heterocycles. The first-order valence-electron chi connectivity index (χ1n) is 11.1. The molecule has 1 saturated heterocycles. The highest BCUT2D eigenvalue weighted by Gasteiger charge is 2.24. The molecular formula is C26H30FNO3. The van der Waals surface area contributed by atoms with Crippen molar-refractivity contribution in [3.05, 3.63) is 70.8 Å². The molecule has 0 N–H and O–H groups in total. The number of halogens is 1. The zero-order valence-corrected chi connectivity index (χ0v) is 18.1. The number of esters is 1. The second-order valence-corrected chi connectivity index (χ2v) is 8.27. The van der Waals surface area contributed by atoms with E-state index in [1.54, 1.807) is 0 Å². The van der Waals surface area contributed by atoms with E-state index >= 15 is 0 Å². The van der Waals surface area contributed by atoms with Crippen molar-refractivity contribution in [1.29, 1.82) is 0 Å². The number of nitrogens with zero attached hydrogens (tertiary/aromatic N) is 1. The Kier molecular flexibility index (Phi) is 7.03. The van der Waals surface area contributed by atoms with Crippen molar-refractivity contribution in [2.24, 2.45) is 0 Å². The molecule has 1 heterocycles. The summed E-state index contributed by atoms with van der Waals surface area (Å²) in [4.78, 5) is 14.2. The maximum atomic E-state index is 12.4. The molecular weight excluding hydrogens is 393 g/mol. The van der Waals surface area contributed by atoms with Crippen LogP contribution in [0.4, 0.5) is 4.39 Å². The first-order chi connectivity index (χ1) is 15.2. The highest BCUT2D eigenvalue weighted by molar-refractivity contribution is 5.91. The van der Waals surface area contributed by atoms with Gasteiger partial charge >= 0.3 is 5.97 Å². The van der Waals surface area contributed by atoms with E-state index in [1.807, 2.05) is 30.3 Å². The summed E-state index contributed by atoms with van der Waals surface area (Å²) in [5.41, 5.74) is 5.25. The Morgan fingerprint density at radius 2 is 2.13 bits per heavy atom. The number of hydrogen-bond donors (Lipinski definition) is 0. The van der Waals surface area contributed by atoms with E-state index in [4.69, 9.17) is 9.47 Å². The zero-order chi connectivity index (χ0) is 21.6. The second-order valence-electron chi connectivity index (χ2n) is 8.27. The third kappa shape index (κ3) is 5.16. The van der Waals surface area contributed by atoms with Gasteiger partial charge in [-0.1, -0.05) is 24.3 Å². The highest BCUT2D eigenvalue weighted by atomic mass is 19.1. The van der Waals surface area contributed by atoms with Gasteiger partial charge in [-0.15, -0.1) is 0 Å². The van der Waals surface area contributed by atoms with Crippen molar-refractivity contribution in [3.8, 4) is 5.75 Å². The van der Waals surface area contributed by atoms with Crippen LogP contribution >= 0.6 is 0 Å². The number of carbonyl (C=O) groups excluding carboxylic acids is 1. The normalized spacial score (nSPS) is 18.8. The predicted molar refractivity (Wildman–Crippen MR) is 120 cm³/mol. The number of fused-ring (bicyclic) bond motifs is 1. The van der Waals surface area contributed by atoms with Crippen LogP contribution in [-0.4, -0.2) is 50.4 Å². The van der Waals surface area contributed by atoms with Crippen LogP contribution in [0, 0.1) is 0 Å². The minimum Gasteiger partial charge on any atom is -0.489 e. The van der Waals surface area contributed by atoms with Crippen LogP contribution in [0.5, 0.6) is 5.75 Å². The summed E-state index contributed by atoms with van der Waals surface area (Å²) in [5, 5.41) is 0. The average molecular weight is 424 g/mol. The predicted octanol–water partition coefficient (Wildman–Crippen LogP) is 5.05. The van der Waals surface area contributed by atoms with Gasteiger partial charge in [-0.05, 0) is 78.6 Å². The van der Waals surface area contributed by atoms with Gasteiger partial charge in [0.25, 0.3) is 0 Å². The van der Waals surface area contributed by atoms with Gasteiger partial charge in [0, 0.05) is 19.6 Å². The summed E-state index contributed by atoms with van der Waals surface area (Å²) in [6, 6.07) is 14.1. The van der Waals surface area contributed by atoms with E-state index in [0.717, 1.165) is 56.6 Å². The summed E-state index contributed by atoms with van der Waals surface area (Å²) >= 11 is 0. The van der Waals surface area contributed by atoms with Crippen molar-refractivity contribution >= 4 is 11.5 Å². The number of carbonyl (C=O) groups is 1. The second kappa shape index (κ2) is 10.1. The molecule has 0 saturated carbocycles. The Hall–Kier alpha value is -2.66. The topological polar surface area (TPSA) is 38.8 Å². The summed E-state index contributed by atoms with van der Waals surface area (Å²) < 4.78 is 23.6. The first kappa shape index (κ1) is 21.6. The lowest BCUT2D eigenvalue weighted by Crippen LogP contribution is -2.26. The summed E-state index contributed by atoms with van der Waals surface area (Å²) in [7, 11) is 1.41. The molecule has 0 amide bonds. The van der Waals surface area contributed by atoms with Crippen LogP contribution in [0.3, 0.4) is 0 Å². The van der Waals surface area contributed by atoms with Gasteiger partial charge in [-0.25, -0.2) is 4.79 Å². The van der Waals surface area contributed by atoms with E-state index < -0.39 is 0 Å². The monoisotopic (exact) mass is 423 g/mol. The Labute approximate surface area is 183 Å². The van der Waals surface area contributed by atoms with Crippen LogP contribution in [0.2, 0.25) is 0 Å². The highest BCUT2D eigenvalue weighted by Crippen LogP contribution is 2.33. The van der Waals surface area contributed by atoms with Gasteiger partial charge in [-0.3, -0.25) is 9.29 Å². The van der Waals surface area contributed by atoms with Gasteiger partial charge < -0.3 is 9.47 Å². The number of benzene rings is 2. The lowest BCUT2D eigenvalue weighted by Gasteiger charge is -2.17. The molecule has 0 unspecified atom stereocenters. The van der Waals surface area contributed by atoms with Crippen LogP contribution in [0.15, 0.2) is 48.5 Å². The minimum atomic E-state index is -0.301. The molecule has 5 heteroatoms. The molecule has 2 aliphatic rings. The Balaban J connectivity index is 1.53. The Morgan fingerprint density at radius 3 is 2.97 bits per heavy atom. The third-order valence-corrected chi connectivity index (χ3v) is 6.10. The first-order valence-corrected chi connectivity index (χ1v) is 11.1. The largest absolute Gasteiger partial charge is 0.489 e. The number of allylic oxidation sites excluding steroid dienone is 1. The van der Waals surface area contributed by atoms with Crippen molar-refractivity contribution in [1.82, 2.24) is 4.90 Å². The lowest BCUT2D eigenvalue weighted by molar-refractivity contribution is 0.0600. The molecule has 0 aromatic heterocycles. The van der Waals surface area contributed by atoms with Gasteiger partial charge in [-0.2, -0.15) is 0 Å². The van der Waals surface area contributed by atoms with E-state index in [-0.39, 0.29) is 18.7 Å². The zero-order valence-electron chi connectivity index (χ0n) is 18.1. The fraction of sp³-hybridized carbons (Fsp3) is 0.423. The number of rotatable bonds is 7. The molecule has 0 radical (unpaired) electrons. The number of hydrogen-bond acceptors (Lipinski definition) is 4. The summed E-state index contributed by atoms with van der Waals surface area (Å²) in [5.74, 6) is 0.567. The van der Waals surface area contributed by atoms with Crippen LogP contribution in [0.1, 0.15) is 52.7 Å². The number of ether oxygens (including phenoxy) is 2. The quantitative estimate of drug-likeness (QED) is 0.584. The average Bonchev–Trinajstić information content (AvgIpc) is 3.13. The van der Waals surface area contributed by atoms with E-state index in [0.29, 0.717) is 12.0 Å². The molecule has 1 aliphatic carbocycles. The molecule has 0 bridgehead atoms. The number of alkyl halides is 1. The van der Waals surface area contributed by atoms with Gasteiger partial charge in [0.2, 0.25) is 0 Å². The molecule has 4 rings (SSSR count). The van der Waals surface area contributed by atoms with E-state index in [1.165, 1.54) is 23.8 Å². The Morgan fingerprint density at radius 1 is 1.23 bits per heavy atom. The molecule has 2 aromatic carbocycles. The van der Waals surface area contributed by atoms with Crippen molar-refractivity contribution in [2.45, 2.75) is 38.2 Å². The molecule has 31 heavy (non-hydrogen) atoms. The SMILES string of the molecule is COC(=O)c1ccc2c(c1)CCCC=C2c1cccc(O[C@@H]2CCN(CCCF)C2)c1. The van der Waals surface area contributed by atoms with Crippen molar-refractivity contribution < 1.29 is 18.7 Å². The van der Waals surface area contributed by atoms with Crippen molar-refractivity contribution in [2.75, 3.05) is 33.4 Å². The third-order valence-electron chi connectivity index (χ3n) is 6.10. The summed E-state index contributed by atoms with van der Waals surface area (Å²) in [6.07, 6.45) is 6.98. The van der Waals surface area contributed by atoms with Gasteiger partial charge in [0.15, 0.2) is 0 Å². The Bertz CT molecular complexity index is 955. The minimum absolute atomic E-state index is 0.146. The standard InChI is InChI=1S/C26H30FNO3/c1-30-26(29)21-10-11-25-19(16-21)6-2-3-9-24(25)20-7-4-8-22(17-20)31-23-12-15-28(18-23)14-5-13-27/h4,7-11,16-17,23H,2-3,5-6,12-15,18H2,1H3/t23-/m1/s1. The maximum absolute atomic E-state index is 12.4. The van der Waals surface area contributed by atoms with E-state index in [9.17, 15) is 9.18 Å². The number of likely N-dealkylation sites (tertiary alicyclic amines) is 1. The lowest BCUT2D eigenvalue weighted by atomic mass is 9.92. The number of aryl methyl sites for hydroxylation is 1. The maximum Gasteiger partial charge on any atom is 0.337 e. The van der Waals surface area contributed by atoms with Crippen molar-refractivity contribution in [3.63, 3.8) is 0 Å². The van der Waals surface area contributed by atoms with Crippen LogP contribution < -0.4 is 4.74 Å². The molecule has 2 aromatic rings. The molecule has 1 fully saturated rings. The molecule has 1 atom stereocenters. The number of methoxy groups -OCH3 is 1. The van der Waals surface area contributed by atoms with Gasteiger partial charge in [0.1, 0.15) is 11.9 Å². The van der Waals surface area contributed by atoms with Crippen LogP contribution in [-0.2, 0) is 11.2 Å².